The summed E-state index contributed by atoms with van der Waals surface area (Å²) in [7, 11) is 0. The lowest BCUT2D eigenvalue weighted by atomic mass is 10.2. The summed E-state index contributed by atoms with van der Waals surface area (Å²) in [6.07, 6.45) is 3.17. The summed E-state index contributed by atoms with van der Waals surface area (Å²) in [4.78, 5) is 25.4. The van der Waals surface area contributed by atoms with Crippen LogP contribution in [0, 0.1) is 0 Å². The quantitative estimate of drug-likeness (QED) is 0.704. The highest BCUT2D eigenvalue weighted by Crippen LogP contribution is 2.20. The average molecular weight is 313 g/mol. The summed E-state index contributed by atoms with van der Waals surface area (Å²) in [5.41, 5.74) is -0.463. The van der Waals surface area contributed by atoms with Gasteiger partial charge in [0.1, 0.15) is 5.60 Å². The third-order valence-electron chi connectivity index (χ3n) is 3.49. The molecule has 0 aliphatic carbocycles. The second kappa shape index (κ2) is 8.98. The van der Waals surface area contributed by atoms with Gasteiger partial charge in [0, 0.05) is 38.6 Å². The standard InChI is InChI=1S/C16H31N3O3/c1-5-9-18-14(20)8-10-17-12-13-7-6-11-19(13)15(21)22-16(2,3)4/h13,17H,5-12H2,1-4H3,(H,18,20). The van der Waals surface area contributed by atoms with Gasteiger partial charge in [-0.1, -0.05) is 6.92 Å². The van der Waals surface area contributed by atoms with Crippen LogP contribution < -0.4 is 10.6 Å². The molecule has 2 N–H and O–H groups in total. The summed E-state index contributed by atoms with van der Waals surface area (Å²) < 4.78 is 5.44. The van der Waals surface area contributed by atoms with Gasteiger partial charge in [-0.15, -0.1) is 0 Å². The minimum absolute atomic E-state index is 0.0739. The van der Waals surface area contributed by atoms with E-state index >= 15 is 0 Å². The molecule has 0 aromatic rings. The van der Waals surface area contributed by atoms with Crippen LogP contribution in [0.5, 0.6) is 0 Å². The minimum Gasteiger partial charge on any atom is -0.444 e. The molecule has 0 radical (unpaired) electrons. The molecular formula is C16H31N3O3. The molecular weight excluding hydrogens is 282 g/mol. The number of ether oxygens (including phenoxy) is 1. The molecule has 6 heteroatoms. The summed E-state index contributed by atoms with van der Waals surface area (Å²) in [6.45, 7) is 10.5. The van der Waals surface area contributed by atoms with Gasteiger partial charge in [-0.2, -0.15) is 0 Å². The van der Waals surface area contributed by atoms with Gasteiger partial charge >= 0.3 is 6.09 Å². The molecule has 22 heavy (non-hydrogen) atoms. The number of nitrogens with zero attached hydrogens (tertiary/aromatic N) is 1. The number of carbonyl (C=O) groups is 2. The summed E-state index contributed by atoms with van der Waals surface area (Å²) in [5.74, 6) is 0.0739. The Balaban J connectivity index is 2.27. The van der Waals surface area contributed by atoms with E-state index in [0.717, 1.165) is 32.4 Å². The normalized spacial score (nSPS) is 18.4. The third kappa shape index (κ3) is 7.11. The van der Waals surface area contributed by atoms with Gasteiger partial charge in [-0.3, -0.25) is 4.79 Å². The first-order valence-electron chi connectivity index (χ1n) is 8.30. The summed E-state index contributed by atoms with van der Waals surface area (Å²) >= 11 is 0. The van der Waals surface area contributed by atoms with Crippen LogP contribution in [0.4, 0.5) is 4.79 Å². The molecule has 1 aliphatic rings. The van der Waals surface area contributed by atoms with Crippen molar-refractivity contribution >= 4 is 12.0 Å². The molecule has 1 heterocycles. The van der Waals surface area contributed by atoms with Crippen molar-refractivity contribution in [1.82, 2.24) is 15.5 Å². The Kier molecular flexibility index (Phi) is 7.65. The maximum atomic E-state index is 12.1. The second-order valence-corrected chi connectivity index (χ2v) is 6.77. The largest absolute Gasteiger partial charge is 0.444 e. The van der Waals surface area contributed by atoms with Crippen LogP contribution >= 0.6 is 0 Å². The zero-order valence-corrected chi connectivity index (χ0v) is 14.4. The van der Waals surface area contributed by atoms with Crippen molar-refractivity contribution in [3.63, 3.8) is 0 Å². The first-order valence-corrected chi connectivity index (χ1v) is 8.30. The molecule has 128 valence electrons. The van der Waals surface area contributed by atoms with Crippen LogP contribution in [0.25, 0.3) is 0 Å². The van der Waals surface area contributed by atoms with Crippen molar-refractivity contribution in [2.45, 2.75) is 65.0 Å². The van der Waals surface area contributed by atoms with Crippen LogP contribution in [0.2, 0.25) is 0 Å². The molecule has 1 saturated heterocycles. The van der Waals surface area contributed by atoms with E-state index in [-0.39, 0.29) is 18.0 Å². The maximum Gasteiger partial charge on any atom is 0.410 e. The van der Waals surface area contributed by atoms with Gasteiger partial charge in [-0.05, 0) is 40.0 Å². The smallest absolute Gasteiger partial charge is 0.410 e. The molecule has 2 amide bonds. The van der Waals surface area contributed by atoms with Crippen molar-refractivity contribution in [3.05, 3.63) is 0 Å². The Morgan fingerprint density at radius 3 is 2.64 bits per heavy atom. The van der Waals surface area contributed by atoms with E-state index in [2.05, 4.69) is 10.6 Å². The van der Waals surface area contributed by atoms with Gasteiger partial charge in [0.15, 0.2) is 0 Å². The summed E-state index contributed by atoms with van der Waals surface area (Å²) in [6, 6.07) is 0.161. The summed E-state index contributed by atoms with van der Waals surface area (Å²) in [5, 5.41) is 6.12. The lowest BCUT2D eigenvalue weighted by molar-refractivity contribution is -0.121. The van der Waals surface area contributed by atoms with Gasteiger partial charge in [0.05, 0.1) is 0 Å². The molecule has 1 atom stereocenters. The molecule has 0 bridgehead atoms. The molecule has 0 aromatic carbocycles. The third-order valence-corrected chi connectivity index (χ3v) is 3.49. The number of amides is 2. The number of likely N-dealkylation sites (tertiary alicyclic amines) is 1. The van der Waals surface area contributed by atoms with Crippen LogP contribution in [0.1, 0.15) is 53.4 Å². The topological polar surface area (TPSA) is 70.7 Å². The highest BCUT2D eigenvalue weighted by molar-refractivity contribution is 5.76. The molecule has 1 rings (SSSR count). The fraction of sp³-hybridized carbons (Fsp3) is 0.875. The maximum absolute atomic E-state index is 12.1. The fourth-order valence-electron chi connectivity index (χ4n) is 2.43. The Hall–Kier alpha value is -1.30. The zero-order chi connectivity index (χ0) is 16.6. The van der Waals surface area contributed by atoms with E-state index in [1.165, 1.54) is 0 Å². The van der Waals surface area contributed by atoms with Crippen molar-refractivity contribution in [2.24, 2.45) is 0 Å². The fourth-order valence-corrected chi connectivity index (χ4v) is 2.43. The molecule has 1 unspecified atom stereocenters. The lowest BCUT2D eigenvalue weighted by Gasteiger charge is -2.28. The molecule has 0 saturated carbocycles. The van der Waals surface area contributed by atoms with Crippen molar-refractivity contribution in [1.29, 1.82) is 0 Å². The van der Waals surface area contributed by atoms with Crippen molar-refractivity contribution < 1.29 is 14.3 Å². The van der Waals surface area contributed by atoms with E-state index < -0.39 is 5.60 Å². The van der Waals surface area contributed by atoms with Crippen LogP contribution in [-0.2, 0) is 9.53 Å². The first-order chi connectivity index (χ1) is 10.3. The lowest BCUT2D eigenvalue weighted by Crippen LogP contribution is -2.44. The van der Waals surface area contributed by atoms with Gasteiger partial charge in [-0.25, -0.2) is 4.79 Å². The highest BCUT2D eigenvalue weighted by atomic mass is 16.6. The Morgan fingerprint density at radius 1 is 1.27 bits per heavy atom. The van der Waals surface area contributed by atoms with Gasteiger partial charge in [0.25, 0.3) is 0 Å². The first kappa shape index (κ1) is 18.7. The highest BCUT2D eigenvalue weighted by Gasteiger charge is 2.31. The van der Waals surface area contributed by atoms with E-state index in [1.54, 1.807) is 4.90 Å². The second-order valence-electron chi connectivity index (χ2n) is 6.77. The van der Waals surface area contributed by atoms with E-state index in [1.807, 2.05) is 27.7 Å². The molecule has 6 nitrogen and oxygen atoms in total. The molecule has 0 aromatic heterocycles. The molecule has 1 fully saturated rings. The number of carbonyl (C=O) groups excluding carboxylic acids is 2. The monoisotopic (exact) mass is 313 g/mol. The minimum atomic E-state index is -0.463. The number of hydrogen-bond donors (Lipinski definition) is 2. The predicted molar refractivity (Wildman–Crippen MR) is 86.7 cm³/mol. The Labute approximate surface area is 134 Å². The Bertz CT molecular complexity index is 366. The van der Waals surface area contributed by atoms with Gasteiger partial charge < -0.3 is 20.3 Å². The number of nitrogens with one attached hydrogen (secondary N) is 2. The van der Waals surface area contributed by atoms with Crippen molar-refractivity contribution in [3.8, 4) is 0 Å². The average Bonchev–Trinajstić information content (AvgIpc) is 2.88. The number of rotatable bonds is 7. The molecule has 1 aliphatic heterocycles. The Morgan fingerprint density at radius 2 is 2.00 bits per heavy atom. The zero-order valence-electron chi connectivity index (χ0n) is 14.4. The molecule has 0 spiro atoms. The van der Waals surface area contributed by atoms with E-state index in [4.69, 9.17) is 4.74 Å². The van der Waals surface area contributed by atoms with Crippen LogP contribution in [-0.4, -0.2) is 54.7 Å². The van der Waals surface area contributed by atoms with Crippen LogP contribution in [0.15, 0.2) is 0 Å². The van der Waals surface area contributed by atoms with Crippen LogP contribution in [0.3, 0.4) is 0 Å². The predicted octanol–water partition coefficient (Wildman–Crippen LogP) is 1.89. The number of hydrogen-bond acceptors (Lipinski definition) is 4. The van der Waals surface area contributed by atoms with Gasteiger partial charge in [0.2, 0.25) is 5.91 Å². The van der Waals surface area contributed by atoms with Crippen molar-refractivity contribution in [2.75, 3.05) is 26.2 Å². The van der Waals surface area contributed by atoms with E-state index in [0.29, 0.717) is 19.5 Å². The van der Waals surface area contributed by atoms with E-state index in [9.17, 15) is 9.59 Å². The SMILES string of the molecule is CCCNC(=O)CCNCC1CCCN1C(=O)OC(C)(C)C.